The van der Waals surface area contributed by atoms with Gasteiger partial charge in [-0.1, -0.05) is 24.7 Å². The fraction of sp³-hybridized carbons (Fsp3) is 0.474. The summed E-state index contributed by atoms with van der Waals surface area (Å²) in [5, 5.41) is 12.3. The Morgan fingerprint density at radius 1 is 1.25 bits per heavy atom. The van der Waals surface area contributed by atoms with Crippen molar-refractivity contribution < 1.29 is 18.4 Å². The van der Waals surface area contributed by atoms with Gasteiger partial charge in [0, 0.05) is 31.5 Å². The van der Waals surface area contributed by atoms with E-state index in [1.54, 1.807) is 0 Å². The number of aromatic nitrogens is 2. The molecule has 1 N–H and O–H groups in total. The van der Waals surface area contributed by atoms with Crippen molar-refractivity contribution in [2.75, 3.05) is 18.4 Å². The number of piperidine rings is 1. The molecule has 2 aromatic rings. The minimum Gasteiger partial charge on any atom is -0.339 e. The van der Waals surface area contributed by atoms with Crippen molar-refractivity contribution in [1.82, 2.24) is 15.1 Å². The lowest BCUT2D eigenvalue weighted by Crippen LogP contribution is -2.41. The standard InChI is InChI=1S/C19H22F2N4O2S/c1-2-3-4-16-23-24-19(28-16)22-17(26)12-7-9-25(10-8-12)18(27)14-6-5-13(20)11-15(14)21/h5-6,11-12H,2-4,7-10H2,1H3,(H,22,24,26). The number of unbranched alkanes of at least 4 members (excludes halogenated alkanes) is 1. The van der Waals surface area contributed by atoms with Gasteiger partial charge in [-0.2, -0.15) is 0 Å². The zero-order valence-electron chi connectivity index (χ0n) is 15.6. The van der Waals surface area contributed by atoms with Crippen LogP contribution < -0.4 is 5.32 Å². The fourth-order valence-corrected chi connectivity index (χ4v) is 3.90. The maximum Gasteiger partial charge on any atom is 0.256 e. The predicted octanol–water partition coefficient (Wildman–Crippen LogP) is 3.65. The van der Waals surface area contributed by atoms with Gasteiger partial charge in [-0.3, -0.25) is 9.59 Å². The van der Waals surface area contributed by atoms with E-state index in [4.69, 9.17) is 0 Å². The van der Waals surface area contributed by atoms with Crippen molar-refractivity contribution in [3.63, 3.8) is 0 Å². The number of likely N-dealkylation sites (tertiary alicyclic amines) is 1. The second-order valence-electron chi connectivity index (χ2n) is 6.78. The van der Waals surface area contributed by atoms with Gasteiger partial charge in [-0.25, -0.2) is 8.78 Å². The van der Waals surface area contributed by atoms with E-state index in [1.807, 2.05) is 0 Å². The van der Waals surface area contributed by atoms with Gasteiger partial charge < -0.3 is 10.2 Å². The molecule has 150 valence electrons. The normalized spacial score (nSPS) is 14.9. The van der Waals surface area contributed by atoms with E-state index in [2.05, 4.69) is 22.4 Å². The molecule has 0 saturated carbocycles. The van der Waals surface area contributed by atoms with E-state index < -0.39 is 17.5 Å². The molecular weight excluding hydrogens is 386 g/mol. The Hall–Kier alpha value is -2.42. The van der Waals surface area contributed by atoms with Crippen LogP contribution in [-0.4, -0.2) is 40.0 Å². The molecule has 2 heterocycles. The molecule has 0 radical (unpaired) electrons. The second kappa shape index (κ2) is 9.18. The van der Waals surface area contributed by atoms with Crippen molar-refractivity contribution in [3.05, 3.63) is 40.4 Å². The van der Waals surface area contributed by atoms with E-state index in [0.29, 0.717) is 37.1 Å². The van der Waals surface area contributed by atoms with Crippen LogP contribution in [0.2, 0.25) is 0 Å². The van der Waals surface area contributed by atoms with Gasteiger partial charge in [-0.15, -0.1) is 10.2 Å². The highest BCUT2D eigenvalue weighted by molar-refractivity contribution is 7.15. The SMILES string of the molecule is CCCCc1nnc(NC(=O)C2CCN(C(=O)c3ccc(F)cc3F)CC2)s1. The minimum atomic E-state index is -0.875. The summed E-state index contributed by atoms with van der Waals surface area (Å²) < 4.78 is 26.8. The van der Waals surface area contributed by atoms with Crippen molar-refractivity contribution in [3.8, 4) is 0 Å². The van der Waals surface area contributed by atoms with Gasteiger partial charge in [0.15, 0.2) is 0 Å². The van der Waals surface area contributed by atoms with Crippen molar-refractivity contribution >= 4 is 28.3 Å². The second-order valence-corrected chi connectivity index (χ2v) is 7.85. The topological polar surface area (TPSA) is 75.2 Å². The lowest BCUT2D eigenvalue weighted by molar-refractivity contribution is -0.121. The average Bonchev–Trinajstić information content (AvgIpc) is 3.13. The first-order chi connectivity index (χ1) is 13.5. The highest BCUT2D eigenvalue weighted by Crippen LogP contribution is 2.23. The van der Waals surface area contributed by atoms with Crippen LogP contribution in [0.4, 0.5) is 13.9 Å². The first-order valence-corrected chi connectivity index (χ1v) is 10.2. The molecule has 1 aromatic carbocycles. The van der Waals surface area contributed by atoms with Crippen molar-refractivity contribution in [2.24, 2.45) is 5.92 Å². The molecule has 9 heteroatoms. The third-order valence-electron chi connectivity index (χ3n) is 4.76. The van der Waals surface area contributed by atoms with Crippen LogP contribution in [0.15, 0.2) is 18.2 Å². The molecule has 2 amide bonds. The van der Waals surface area contributed by atoms with E-state index >= 15 is 0 Å². The average molecular weight is 408 g/mol. The number of anilines is 1. The number of amides is 2. The number of rotatable bonds is 6. The number of halogens is 2. The largest absolute Gasteiger partial charge is 0.339 e. The molecule has 1 aromatic heterocycles. The molecule has 1 fully saturated rings. The fourth-order valence-electron chi connectivity index (χ4n) is 3.12. The Kier molecular flexibility index (Phi) is 6.66. The number of aryl methyl sites for hydroxylation is 1. The Labute approximate surface area is 166 Å². The van der Waals surface area contributed by atoms with Crippen LogP contribution in [0.5, 0.6) is 0 Å². The Balaban J connectivity index is 1.52. The van der Waals surface area contributed by atoms with Crippen LogP contribution in [0, 0.1) is 17.6 Å². The summed E-state index contributed by atoms with van der Waals surface area (Å²) >= 11 is 1.38. The summed E-state index contributed by atoms with van der Waals surface area (Å²) in [5.41, 5.74) is -0.155. The molecule has 1 aliphatic rings. The summed E-state index contributed by atoms with van der Waals surface area (Å²) in [6, 6.07) is 2.91. The van der Waals surface area contributed by atoms with E-state index in [-0.39, 0.29) is 17.4 Å². The Morgan fingerprint density at radius 3 is 2.68 bits per heavy atom. The maximum atomic E-state index is 13.8. The minimum absolute atomic E-state index is 0.141. The Bertz CT molecular complexity index is 850. The number of nitrogens with zero attached hydrogens (tertiary/aromatic N) is 3. The third kappa shape index (κ3) is 4.89. The molecule has 0 unspecified atom stereocenters. The molecular formula is C19H22F2N4O2S. The van der Waals surface area contributed by atoms with Gasteiger partial charge in [0.1, 0.15) is 16.6 Å². The molecule has 0 aliphatic carbocycles. The third-order valence-corrected chi connectivity index (χ3v) is 5.65. The van der Waals surface area contributed by atoms with Crippen molar-refractivity contribution in [1.29, 1.82) is 0 Å². The number of carbonyl (C=O) groups is 2. The number of benzene rings is 1. The summed E-state index contributed by atoms with van der Waals surface area (Å²) in [4.78, 5) is 26.4. The van der Waals surface area contributed by atoms with E-state index in [1.165, 1.54) is 16.2 Å². The predicted molar refractivity (Wildman–Crippen MR) is 102 cm³/mol. The molecule has 6 nitrogen and oxygen atoms in total. The molecule has 0 bridgehead atoms. The zero-order chi connectivity index (χ0) is 20.1. The smallest absolute Gasteiger partial charge is 0.256 e. The van der Waals surface area contributed by atoms with Gasteiger partial charge in [0.05, 0.1) is 5.56 Å². The van der Waals surface area contributed by atoms with Gasteiger partial charge in [-0.05, 0) is 31.4 Å². The zero-order valence-corrected chi connectivity index (χ0v) is 16.4. The molecule has 0 atom stereocenters. The first-order valence-electron chi connectivity index (χ1n) is 9.35. The summed E-state index contributed by atoms with van der Waals surface area (Å²) in [6.45, 7) is 2.78. The molecule has 3 rings (SSSR count). The lowest BCUT2D eigenvalue weighted by Gasteiger charge is -2.31. The number of nitrogens with one attached hydrogen (secondary N) is 1. The highest BCUT2D eigenvalue weighted by atomic mass is 32.1. The summed E-state index contributed by atoms with van der Waals surface area (Å²) in [6.07, 6.45) is 3.90. The lowest BCUT2D eigenvalue weighted by atomic mass is 9.95. The molecule has 0 spiro atoms. The highest BCUT2D eigenvalue weighted by Gasteiger charge is 2.29. The number of carbonyl (C=O) groups excluding carboxylic acids is 2. The van der Waals surface area contributed by atoms with E-state index in [9.17, 15) is 18.4 Å². The molecule has 1 saturated heterocycles. The van der Waals surface area contributed by atoms with E-state index in [0.717, 1.165) is 36.4 Å². The van der Waals surface area contributed by atoms with Gasteiger partial charge in [0.2, 0.25) is 11.0 Å². The van der Waals surface area contributed by atoms with Crippen LogP contribution in [-0.2, 0) is 11.2 Å². The van der Waals surface area contributed by atoms with Crippen LogP contribution in [0.3, 0.4) is 0 Å². The molecule has 28 heavy (non-hydrogen) atoms. The summed E-state index contributed by atoms with van der Waals surface area (Å²) in [7, 11) is 0. The summed E-state index contributed by atoms with van der Waals surface area (Å²) in [5.74, 6) is -2.47. The van der Waals surface area contributed by atoms with Gasteiger partial charge >= 0.3 is 0 Å². The van der Waals surface area contributed by atoms with Crippen LogP contribution >= 0.6 is 11.3 Å². The Morgan fingerprint density at radius 2 is 2.00 bits per heavy atom. The monoisotopic (exact) mass is 408 g/mol. The van der Waals surface area contributed by atoms with Crippen molar-refractivity contribution in [2.45, 2.75) is 39.0 Å². The maximum absolute atomic E-state index is 13.8. The van der Waals surface area contributed by atoms with Gasteiger partial charge in [0.25, 0.3) is 5.91 Å². The van der Waals surface area contributed by atoms with Crippen LogP contribution in [0.25, 0.3) is 0 Å². The first kappa shape index (κ1) is 20.3. The number of hydrogen-bond acceptors (Lipinski definition) is 5. The number of hydrogen-bond donors (Lipinski definition) is 1. The van der Waals surface area contributed by atoms with Crippen LogP contribution in [0.1, 0.15) is 48.0 Å². The molecule has 1 aliphatic heterocycles. The quantitative estimate of drug-likeness (QED) is 0.792.